The van der Waals surface area contributed by atoms with Crippen LogP contribution in [0.2, 0.25) is 0 Å². The van der Waals surface area contributed by atoms with E-state index in [0.29, 0.717) is 5.82 Å². The summed E-state index contributed by atoms with van der Waals surface area (Å²) in [4.78, 5) is 25.3. The number of rotatable bonds is 5. The van der Waals surface area contributed by atoms with E-state index in [-0.39, 0.29) is 17.8 Å². The fourth-order valence-corrected chi connectivity index (χ4v) is 1.69. The molecule has 0 saturated heterocycles. The van der Waals surface area contributed by atoms with Gasteiger partial charge in [-0.15, -0.1) is 0 Å². The van der Waals surface area contributed by atoms with Gasteiger partial charge < -0.3 is 10.4 Å². The van der Waals surface area contributed by atoms with E-state index in [1.165, 1.54) is 29.2 Å². The van der Waals surface area contributed by atoms with Gasteiger partial charge >= 0.3 is 11.7 Å². The maximum absolute atomic E-state index is 11.0. The number of nitrogens with zero attached hydrogens (tertiary/aromatic N) is 4. The molecular formula is C11H11N5O4. The Morgan fingerprint density at radius 2 is 2.30 bits per heavy atom. The van der Waals surface area contributed by atoms with Gasteiger partial charge in [0.2, 0.25) is 0 Å². The predicted octanol–water partition coefficient (Wildman–Crippen LogP) is 1.03. The van der Waals surface area contributed by atoms with Crippen molar-refractivity contribution in [1.29, 1.82) is 0 Å². The number of hydrogen-bond donors (Lipinski definition) is 2. The van der Waals surface area contributed by atoms with E-state index < -0.39 is 16.6 Å². The largest absolute Gasteiger partial charge is 0.477 e. The molecule has 9 nitrogen and oxygen atoms in total. The molecule has 0 aliphatic heterocycles. The van der Waals surface area contributed by atoms with Crippen LogP contribution in [-0.2, 0) is 13.6 Å². The number of benzene rings is 1. The Kier molecular flexibility index (Phi) is 3.60. The normalized spacial score (nSPS) is 10.2. The zero-order valence-corrected chi connectivity index (χ0v) is 10.5. The molecule has 0 aliphatic rings. The van der Waals surface area contributed by atoms with Gasteiger partial charge in [-0.3, -0.25) is 14.8 Å². The molecule has 0 amide bonds. The second kappa shape index (κ2) is 5.34. The molecule has 0 spiro atoms. The highest BCUT2D eigenvalue weighted by Gasteiger charge is 2.24. The van der Waals surface area contributed by atoms with Gasteiger partial charge in [0.15, 0.2) is 5.82 Å². The quantitative estimate of drug-likeness (QED) is 0.618. The van der Waals surface area contributed by atoms with Gasteiger partial charge in [-0.25, -0.2) is 9.78 Å². The Balaban J connectivity index is 2.29. The summed E-state index contributed by atoms with van der Waals surface area (Å²) in [6.07, 6.45) is 1.50. The van der Waals surface area contributed by atoms with Crippen LogP contribution in [0.4, 0.5) is 11.4 Å². The molecule has 1 aromatic carbocycles. The molecule has 20 heavy (non-hydrogen) atoms. The van der Waals surface area contributed by atoms with Crippen LogP contribution in [0.15, 0.2) is 24.5 Å². The molecule has 2 aromatic rings. The predicted molar refractivity (Wildman–Crippen MR) is 68.4 cm³/mol. The first-order valence-corrected chi connectivity index (χ1v) is 5.58. The molecule has 0 unspecified atom stereocenters. The number of carbonyl (C=O) groups is 1. The maximum atomic E-state index is 11.0. The number of aromatic carboxylic acids is 1. The molecule has 9 heteroatoms. The summed E-state index contributed by atoms with van der Waals surface area (Å²) in [6, 6.07) is 4.06. The van der Waals surface area contributed by atoms with Crippen molar-refractivity contribution < 1.29 is 14.8 Å². The molecule has 1 aromatic heterocycles. The number of carboxylic acid groups (broad SMARTS) is 1. The van der Waals surface area contributed by atoms with Crippen LogP contribution >= 0.6 is 0 Å². The Hall–Kier alpha value is -2.97. The number of nitro groups is 1. The summed E-state index contributed by atoms with van der Waals surface area (Å²) >= 11 is 0. The summed E-state index contributed by atoms with van der Waals surface area (Å²) < 4.78 is 1.50. The minimum atomic E-state index is -1.35. The lowest BCUT2D eigenvalue weighted by atomic mass is 10.1. The van der Waals surface area contributed by atoms with Crippen LogP contribution in [0.5, 0.6) is 0 Å². The fourth-order valence-electron chi connectivity index (χ4n) is 1.69. The van der Waals surface area contributed by atoms with Crippen LogP contribution in [0.3, 0.4) is 0 Å². The highest BCUT2D eigenvalue weighted by Crippen LogP contribution is 2.28. The number of anilines is 1. The minimum Gasteiger partial charge on any atom is -0.477 e. The average molecular weight is 277 g/mol. The maximum Gasteiger partial charge on any atom is 0.342 e. The van der Waals surface area contributed by atoms with Crippen molar-refractivity contribution in [2.45, 2.75) is 6.54 Å². The first kappa shape index (κ1) is 13.5. The molecule has 0 saturated carbocycles. The van der Waals surface area contributed by atoms with Crippen molar-refractivity contribution in [1.82, 2.24) is 14.8 Å². The number of para-hydroxylation sites is 1. The SMILES string of the molecule is Cn1cnc(CNc2cccc(C(=O)O)c2[N+](=O)[O-])n1. The van der Waals surface area contributed by atoms with Crippen LogP contribution in [0, 0.1) is 10.1 Å². The van der Waals surface area contributed by atoms with Gasteiger partial charge in [0, 0.05) is 7.05 Å². The van der Waals surface area contributed by atoms with Gasteiger partial charge in [-0.1, -0.05) is 6.07 Å². The van der Waals surface area contributed by atoms with Crippen LogP contribution in [0.1, 0.15) is 16.2 Å². The highest BCUT2D eigenvalue weighted by molar-refractivity contribution is 5.95. The Bertz CT molecular complexity index is 667. The highest BCUT2D eigenvalue weighted by atomic mass is 16.6. The summed E-state index contributed by atoms with van der Waals surface area (Å²) in [5.41, 5.74) is -0.729. The molecule has 0 aliphatic carbocycles. The fraction of sp³-hybridized carbons (Fsp3) is 0.182. The number of nitro benzene ring substituents is 1. The third-order valence-electron chi connectivity index (χ3n) is 2.53. The monoisotopic (exact) mass is 277 g/mol. The van der Waals surface area contributed by atoms with Crippen LogP contribution in [0.25, 0.3) is 0 Å². The lowest BCUT2D eigenvalue weighted by molar-refractivity contribution is -0.384. The van der Waals surface area contributed by atoms with Crippen molar-refractivity contribution >= 4 is 17.3 Å². The number of aryl methyl sites for hydroxylation is 1. The number of nitrogens with one attached hydrogen (secondary N) is 1. The topological polar surface area (TPSA) is 123 Å². The molecule has 0 fully saturated rings. The second-order valence-electron chi connectivity index (χ2n) is 3.95. The average Bonchev–Trinajstić information content (AvgIpc) is 2.81. The van der Waals surface area contributed by atoms with Crippen molar-refractivity contribution in [2.75, 3.05) is 5.32 Å². The van der Waals surface area contributed by atoms with Crippen molar-refractivity contribution in [2.24, 2.45) is 7.05 Å². The van der Waals surface area contributed by atoms with E-state index in [4.69, 9.17) is 5.11 Å². The lowest BCUT2D eigenvalue weighted by Gasteiger charge is -2.06. The van der Waals surface area contributed by atoms with Gasteiger partial charge in [-0.2, -0.15) is 5.10 Å². The summed E-state index contributed by atoms with van der Waals surface area (Å²) in [5.74, 6) is -0.904. The van der Waals surface area contributed by atoms with Crippen molar-refractivity contribution in [3.05, 3.63) is 46.0 Å². The number of aromatic nitrogens is 3. The smallest absolute Gasteiger partial charge is 0.342 e. The van der Waals surface area contributed by atoms with Crippen molar-refractivity contribution in [3.63, 3.8) is 0 Å². The third kappa shape index (κ3) is 2.71. The zero-order chi connectivity index (χ0) is 14.7. The summed E-state index contributed by atoms with van der Waals surface area (Å²) in [5, 5.41) is 26.8. The van der Waals surface area contributed by atoms with Gasteiger partial charge in [0.25, 0.3) is 0 Å². The number of hydrogen-bond acceptors (Lipinski definition) is 6. The molecule has 1 heterocycles. The first-order chi connectivity index (χ1) is 9.49. The third-order valence-corrected chi connectivity index (χ3v) is 2.53. The second-order valence-corrected chi connectivity index (χ2v) is 3.95. The van der Waals surface area contributed by atoms with E-state index in [0.717, 1.165) is 0 Å². The van der Waals surface area contributed by atoms with Crippen LogP contribution < -0.4 is 5.32 Å². The Morgan fingerprint density at radius 3 is 2.85 bits per heavy atom. The molecule has 0 radical (unpaired) electrons. The van der Waals surface area contributed by atoms with E-state index in [2.05, 4.69) is 15.4 Å². The molecule has 0 atom stereocenters. The Labute approximate surface area is 113 Å². The zero-order valence-electron chi connectivity index (χ0n) is 10.5. The van der Waals surface area contributed by atoms with E-state index in [9.17, 15) is 14.9 Å². The van der Waals surface area contributed by atoms with Gasteiger partial charge in [-0.05, 0) is 12.1 Å². The van der Waals surface area contributed by atoms with Gasteiger partial charge in [0.1, 0.15) is 17.6 Å². The number of carboxylic acids is 1. The molecule has 0 bridgehead atoms. The molecule has 104 valence electrons. The lowest BCUT2D eigenvalue weighted by Crippen LogP contribution is -2.08. The van der Waals surface area contributed by atoms with E-state index >= 15 is 0 Å². The molecular weight excluding hydrogens is 266 g/mol. The van der Waals surface area contributed by atoms with Crippen molar-refractivity contribution in [3.8, 4) is 0 Å². The Morgan fingerprint density at radius 1 is 1.55 bits per heavy atom. The summed E-state index contributed by atoms with van der Waals surface area (Å²) in [7, 11) is 1.70. The minimum absolute atomic E-state index is 0.113. The molecule has 2 N–H and O–H groups in total. The van der Waals surface area contributed by atoms with E-state index in [1.807, 2.05) is 0 Å². The van der Waals surface area contributed by atoms with E-state index in [1.54, 1.807) is 7.05 Å². The van der Waals surface area contributed by atoms with Gasteiger partial charge in [0.05, 0.1) is 11.5 Å². The van der Waals surface area contributed by atoms with Crippen LogP contribution in [-0.4, -0.2) is 30.8 Å². The first-order valence-electron chi connectivity index (χ1n) is 5.58. The standard InChI is InChI=1S/C11H11N5O4/c1-15-6-13-9(14-15)5-12-8-4-2-3-7(11(17)18)10(8)16(19)20/h2-4,6,12H,5H2,1H3,(H,17,18). The molecule has 2 rings (SSSR count). The summed E-state index contributed by atoms with van der Waals surface area (Å²) in [6.45, 7) is 0.157.